The fourth-order valence-corrected chi connectivity index (χ4v) is 5.10. The Labute approximate surface area is 181 Å². The zero-order valence-electron chi connectivity index (χ0n) is 17.9. The van der Waals surface area contributed by atoms with Crippen LogP contribution < -0.4 is 10.6 Å². The molecule has 0 spiro atoms. The van der Waals surface area contributed by atoms with Crippen molar-refractivity contribution in [1.82, 2.24) is 10.2 Å². The molecule has 1 aromatic rings. The second-order valence-electron chi connectivity index (χ2n) is 8.91. The van der Waals surface area contributed by atoms with Gasteiger partial charge >= 0.3 is 0 Å². The fourth-order valence-electron chi connectivity index (χ4n) is 5.10. The predicted octanol–water partition coefficient (Wildman–Crippen LogP) is 1.75. The summed E-state index contributed by atoms with van der Waals surface area (Å²) in [6.45, 7) is 3.92. The number of nitrogens with zero attached hydrogens (tertiary/aromatic N) is 1. The number of nitrogens with one attached hydrogen (secondary N) is 2. The summed E-state index contributed by atoms with van der Waals surface area (Å²) < 4.78 is 5.62. The van der Waals surface area contributed by atoms with E-state index in [0.717, 1.165) is 25.7 Å². The highest BCUT2D eigenvalue weighted by atomic mass is 16.5. The summed E-state index contributed by atoms with van der Waals surface area (Å²) in [6, 6.07) is 5.36. The van der Waals surface area contributed by atoms with Crippen LogP contribution in [0.1, 0.15) is 49.9 Å². The van der Waals surface area contributed by atoms with Crippen LogP contribution in [0.15, 0.2) is 24.3 Å². The Kier molecular flexibility index (Phi) is 6.09. The zero-order chi connectivity index (χ0) is 22.1. The molecule has 3 unspecified atom stereocenters. The first-order chi connectivity index (χ1) is 14.8. The number of rotatable bonds is 5. The number of carbonyl (C=O) groups is 4. The van der Waals surface area contributed by atoms with Crippen molar-refractivity contribution in [3.05, 3.63) is 29.8 Å². The average Bonchev–Trinajstić information content (AvgIpc) is 3.46. The molecular formula is C23H29N3O5. The summed E-state index contributed by atoms with van der Waals surface area (Å²) in [4.78, 5) is 51.7. The van der Waals surface area contributed by atoms with E-state index in [0.29, 0.717) is 17.8 Å². The molecular weight excluding hydrogens is 398 g/mol. The van der Waals surface area contributed by atoms with Gasteiger partial charge in [-0.3, -0.25) is 19.2 Å². The number of amides is 3. The van der Waals surface area contributed by atoms with Crippen LogP contribution in [-0.2, 0) is 19.1 Å². The number of benzene rings is 1. The van der Waals surface area contributed by atoms with Gasteiger partial charge in [-0.1, -0.05) is 19.8 Å². The van der Waals surface area contributed by atoms with Crippen molar-refractivity contribution >= 4 is 29.2 Å². The molecule has 3 amide bonds. The van der Waals surface area contributed by atoms with Gasteiger partial charge in [-0.05, 0) is 43.0 Å². The minimum atomic E-state index is -0.663. The third-order valence-corrected chi connectivity index (χ3v) is 6.61. The number of hydrogen-bond donors (Lipinski definition) is 2. The number of anilines is 1. The van der Waals surface area contributed by atoms with E-state index in [1.54, 1.807) is 29.2 Å². The molecule has 31 heavy (non-hydrogen) atoms. The van der Waals surface area contributed by atoms with Gasteiger partial charge in [0.25, 0.3) is 5.91 Å². The molecule has 0 bridgehead atoms. The first-order valence-electron chi connectivity index (χ1n) is 11.0. The molecule has 0 aromatic heterocycles. The largest absolute Gasteiger partial charge is 0.367 e. The monoisotopic (exact) mass is 427 g/mol. The van der Waals surface area contributed by atoms with Gasteiger partial charge in [0.1, 0.15) is 18.7 Å². The number of ether oxygens (including phenoxy) is 1. The van der Waals surface area contributed by atoms with Crippen molar-refractivity contribution in [2.75, 3.05) is 18.5 Å². The summed E-state index contributed by atoms with van der Waals surface area (Å²) in [5.41, 5.74) is 1.02. The Hall–Kier alpha value is -2.74. The molecule has 0 radical (unpaired) electrons. The molecule has 1 aromatic carbocycles. The van der Waals surface area contributed by atoms with Crippen LogP contribution in [0, 0.1) is 11.8 Å². The maximum atomic E-state index is 13.6. The molecule has 2 saturated heterocycles. The Morgan fingerprint density at radius 1 is 1.13 bits per heavy atom. The fraction of sp³-hybridized carbons (Fsp3) is 0.565. The molecule has 4 rings (SSSR count). The molecule has 8 heteroatoms. The Balaban J connectivity index is 1.51. The minimum Gasteiger partial charge on any atom is -0.367 e. The van der Waals surface area contributed by atoms with Gasteiger partial charge in [0, 0.05) is 30.6 Å². The summed E-state index contributed by atoms with van der Waals surface area (Å²) in [7, 11) is 0. The normalized spacial score (nSPS) is 26.6. The standard InChI is InChI=1S/C23H29N3O5/c1-13-11-26(20-18(28)12-31-21(13)20)23(30)19(15-5-3-4-6-15)25-22(29)16-7-9-17(10-8-16)24-14(2)27/h7-10,13,15,19-21H,3-6,11-12H2,1-2H3,(H,24,27)(H,25,29)/t13?,19-,20?,21?/m0/s1. The second kappa shape index (κ2) is 8.78. The summed E-state index contributed by atoms with van der Waals surface area (Å²) in [5, 5.41) is 5.62. The summed E-state index contributed by atoms with van der Waals surface area (Å²) in [6.07, 6.45) is 3.55. The topological polar surface area (TPSA) is 105 Å². The first kappa shape index (κ1) is 21.5. The highest BCUT2D eigenvalue weighted by Crippen LogP contribution is 2.34. The minimum absolute atomic E-state index is 0.0462. The van der Waals surface area contributed by atoms with E-state index < -0.39 is 12.1 Å². The summed E-state index contributed by atoms with van der Waals surface area (Å²) >= 11 is 0. The number of ketones is 1. The number of fused-ring (bicyclic) bond motifs is 1. The third-order valence-electron chi connectivity index (χ3n) is 6.61. The lowest BCUT2D eigenvalue weighted by molar-refractivity contribution is -0.139. The van der Waals surface area contributed by atoms with Gasteiger partial charge in [-0.15, -0.1) is 0 Å². The lowest BCUT2D eigenvalue weighted by Gasteiger charge is -2.30. The van der Waals surface area contributed by atoms with Crippen LogP contribution in [-0.4, -0.2) is 59.7 Å². The SMILES string of the molecule is CC(=O)Nc1ccc(C(=O)N[C@H](C(=O)N2CC(C)C3OCC(=O)C32)C2CCCC2)cc1. The Morgan fingerprint density at radius 3 is 2.45 bits per heavy atom. The van der Waals surface area contributed by atoms with Crippen molar-refractivity contribution in [1.29, 1.82) is 0 Å². The van der Waals surface area contributed by atoms with Gasteiger partial charge < -0.3 is 20.3 Å². The van der Waals surface area contributed by atoms with E-state index in [4.69, 9.17) is 4.74 Å². The van der Waals surface area contributed by atoms with Crippen molar-refractivity contribution < 1.29 is 23.9 Å². The quantitative estimate of drug-likeness (QED) is 0.745. The highest BCUT2D eigenvalue weighted by molar-refractivity contribution is 6.00. The number of carbonyl (C=O) groups excluding carboxylic acids is 4. The molecule has 2 aliphatic heterocycles. The number of likely N-dealkylation sites (tertiary alicyclic amines) is 1. The van der Waals surface area contributed by atoms with Gasteiger partial charge in [-0.2, -0.15) is 0 Å². The maximum absolute atomic E-state index is 13.6. The lowest BCUT2D eigenvalue weighted by Crippen LogP contribution is -2.54. The van der Waals surface area contributed by atoms with Crippen molar-refractivity contribution in [3.63, 3.8) is 0 Å². The third kappa shape index (κ3) is 4.35. The van der Waals surface area contributed by atoms with Gasteiger partial charge in [-0.25, -0.2) is 0 Å². The average molecular weight is 428 g/mol. The van der Waals surface area contributed by atoms with Crippen molar-refractivity contribution in [2.24, 2.45) is 11.8 Å². The van der Waals surface area contributed by atoms with Crippen molar-refractivity contribution in [3.8, 4) is 0 Å². The van der Waals surface area contributed by atoms with E-state index in [9.17, 15) is 19.2 Å². The van der Waals surface area contributed by atoms with E-state index >= 15 is 0 Å². The van der Waals surface area contributed by atoms with Crippen LogP contribution in [0.25, 0.3) is 0 Å². The summed E-state index contributed by atoms with van der Waals surface area (Å²) in [5.74, 6) is -0.630. The van der Waals surface area contributed by atoms with Crippen LogP contribution >= 0.6 is 0 Å². The molecule has 8 nitrogen and oxygen atoms in total. The smallest absolute Gasteiger partial charge is 0.251 e. The molecule has 166 valence electrons. The van der Waals surface area contributed by atoms with Crippen LogP contribution in [0.2, 0.25) is 0 Å². The molecule has 1 aliphatic carbocycles. The lowest BCUT2D eigenvalue weighted by atomic mass is 9.95. The van der Waals surface area contributed by atoms with E-state index in [1.807, 2.05) is 6.92 Å². The van der Waals surface area contributed by atoms with Crippen LogP contribution in [0.5, 0.6) is 0 Å². The molecule has 1 saturated carbocycles. The maximum Gasteiger partial charge on any atom is 0.251 e. The van der Waals surface area contributed by atoms with Gasteiger partial charge in [0.05, 0.1) is 6.10 Å². The first-order valence-corrected chi connectivity index (χ1v) is 11.0. The Morgan fingerprint density at radius 2 is 1.81 bits per heavy atom. The second-order valence-corrected chi connectivity index (χ2v) is 8.91. The predicted molar refractivity (Wildman–Crippen MR) is 113 cm³/mol. The van der Waals surface area contributed by atoms with E-state index in [-0.39, 0.29) is 48.1 Å². The Bertz CT molecular complexity index is 878. The van der Waals surface area contributed by atoms with E-state index in [2.05, 4.69) is 10.6 Å². The van der Waals surface area contributed by atoms with Gasteiger partial charge in [0.2, 0.25) is 11.8 Å². The number of Topliss-reactive ketones (excluding diaryl/α,β-unsaturated/α-hetero) is 1. The molecule has 3 fully saturated rings. The van der Waals surface area contributed by atoms with Crippen LogP contribution in [0.4, 0.5) is 5.69 Å². The number of hydrogen-bond acceptors (Lipinski definition) is 5. The molecule has 2 N–H and O–H groups in total. The molecule has 3 aliphatic rings. The van der Waals surface area contributed by atoms with Gasteiger partial charge in [0.15, 0.2) is 5.78 Å². The van der Waals surface area contributed by atoms with E-state index in [1.165, 1.54) is 6.92 Å². The molecule has 2 heterocycles. The molecule has 4 atom stereocenters. The van der Waals surface area contributed by atoms with Crippen LogP contribution in [0.3, 0.4) is 0 Å². The van der Waals surface area contributed by atoms with Crippen molar-refractivity contribution in [2.45, 2.75) is 57.7 Å². The zero-order valence-corrected chi connectivity index (χ0v) is 17.9. The highest BCUT2D eigenvalue weighted by Gasteiger charge is 2.52.